The summed E-state index contributed by atoms with van der Waals surface area (Å²) in [5.41, 5.74) is 12.4. The number of alkyl carbamates (subject to hydrolysis) is 1. The number of carbonyl (C=O) groups is 7. The minimum absolute atomic E-state index is 0.0685. The molecule has 8 amide bonds. The number of rotatable bonds is 20. The molecule has 0 bridgehead atoms. The number of aliphatic hydroxyl groups is 1. The molecule has 2 heterocycles. The second kappa shape index (κ2) is 21.3. The van der Waals surface area contributed by atoms with Crippen LogP contribution in [0, 0.1) is 5.92 Å². The molecule has 2 saturated heterocycles. The van der Waals surface area contributed by atoms with Crippen molar-refractivity contribution in [3.05, 3.63) is 65.7 Å². The molecule has 2 aromatic rings. The first-order valence-corrected chi connectivity index (χ1v) is 19.2. The molecule has 0 aromatic heterocycles. The van der Waals surface area contributed by atoms with Gasteiger partial charge in [0.1, 0.15) is 36.9 Å². The summed E-state index contributed by atoms with van der Waals surface area (Å²) in [6.07, 6.45) is -5.33. The molecule has 0 spiro atoms. The van der Waals surface area contributed by atoms with Crippen molar-refractivity contribution in [3.8, 4) is 0 Å². The van der Waals surface area contributed by atoms with Crippen molar-refractivity contribution >= 4 is 47.3 Å². The van der Waals surface area contributed by atoms with Crippen LogP contribution in [0.4, 0.5) is 15.3 Å². The van der Waals surface area contributed by atoms with E-state index in [1.165, 1.54) is 0 Å². The molecular weight excluding hydrogens is 772 g/mol. The summed E-state index contributed by atoms with van der Waals surface area (Å²) in [5, 5.41) is 24.9. The van der Waals surface area contributed by atoms with Gasteiger partial charge in [-0.05, 0) is 62.3 Å². The quantitative estimate of drug-likeness (QED) is 0.0805. The van der Waals surface area contributed by atoms with Crippen molar-refractivity contribution in [2.45, 2.75) is 115 Å². The molecule has 11 N–H and O–H groups in total. The van der Waals surface area contributed by atoms with E-state index in [0.717, 1.165) is 0 Å². The average molecular weight is 827 g/mol. The highest BCUT2D eigenvalue weighted by Gasteiger charge is 2.57. The van der Waals surface area contributed by atoms with Gasteiger partial charge in [-0.1, -0.05) is 56.3 Å². The molecule has 2 aromatic carbocycles. The lowest BCUT2D eigenvalue weighted by atomic mass is 10.0. The molecule has 4 rings (SSSR count). The summed E-state index contributed by atoms with van der Waals surface area (Å²) in [4.78, 5) is 90.7. The Morgan fingerprint density at radius 1 is 0.814 bits per heavy atom. The zero-order chi connectivity index (χ0) is 43.3. The van der Waals surface area contributed by atoms with E-state index >= 15 is 0 Å². The van der Waals surface area contributed by atoms with Gasteiger partial charge >= 0.3 is 12.1 Å². The third kappa shape index (κ3) is 13.9. The minimum atomic E-state index is -1.40. The number of nitrogens with two attached hydrogens (primary N) is 2. The van der Waals surface area contributed by atoms with Crippen LogP contribution in [0.1, 0.15) is 64.5 Å². The standard InChI is InChI=1S/C39H54N8O12/c1-21(2)28(35(53)44-25(11-8-18-42-37(41)54)33(51)43-24-14-12-22(19-48)13-15-24)47-34(52)26(45-38(55)56-20-23-9-6-5-7-10-23)16-17-27(49)46-36-31-29(30(57-36)32(40)50)58-39(3,4)59-31/h5-7,9-10,12-15,21,25-26,28-31,36,48H,8,11,16-20H2,1-4H3,(H2,40,50)(H,43,51)(H,44,53)(H,45,55)(H,46,49)(H,47,52)(H3,41,42,54)/t25-,26-,28-,29+,30-,31+,36?/m0/s1. The fourth-order valence-corrected chi connectivity index (χ4v) is 6.39. The van der Waals surface area contributed by atoms with Crippen molar-refractivity contribution in [1.82, 2.24) is 26.6 Å². The summed E-state index contributed by atoms with van der Waals surface area (Å²) in [6, 6.07) is 10.7. The molecule has 1 unspecified atom stereocenters. The molecular formula is C39H54N8O12. The van der Waals surface area contributed by atoms with Crippen LogP contribution < -0.4 is 43.4 Å². The number of urea groups is 1. The number of primary amides is 2. The van der Waals surface area contributed by atoms with Gasteiger partial charge < -0.3 is 67.4 Å². The first-order valence-electron chi connectivity index (χ1n) is 19.2. The van der Waals surface area contributed by atoms with E-state index in [-0.39, 0.29) is 45.4 Å². The van der Waals surface area contributed by atoms with Gasteiger partial charge in [0.05, 0.1) is 6.61 Å². The first-order chi connectivity index (χ1) is 28.0. The van der Waals surface area contributed by atoms with Crippen molar-refractivity contribution in [1.29, 1.82) is 0 Å². The predicted octanol–water partition coefficient (Wildman–Crippen LogP) is 0.113. The molecule has 2 aliphatic rings. The van der Waals surface area contributed by atoms with Crippen LogP contribution in [0.25, 0.3) is 0 Å². The molecule has 0 aliphatic carbocycles. The Morgan fingerprint density at radius 3 is 2.10 bits per heavy atom. The lowest BCUT2D eigenvalue weighted by molar-refractivity contribution is -0.192. The van der Waals surface area contributed by atoms with Crippen molar-refractivity contribution in [2.24, 2.45) is 17.4 Å². The highest BCUT2D eigenvalue weighted by atomic mass is 16.8. The van der Waals surface area contributed by atoms with Crippen LogP contribution in [0.3, 0.4) is 0 Å². The second-order valence-electron chi connectivity index (χ2n) is 14.9. The third-order valence-corrected chi connectivity index (χ3v) is 9.37. The number of hydrogen-bond donors (Lipinski definition) is 9. The molecule has 0 radical (unpaired) electrons. The maximum absolute atomic E-state index is 13.9. The number of ether oxygens (including phenoxy) is 4. The van der Waals surface area contributed by atoms with Gasteiger partial charge in [-0.2, -0.15) is 0 Å². The summed E-state index contributed by atoms with van der Waals surface area (Å²) in [6.45, 7) is 6.39. The van der Waals surface area contributed by atoms with Crippen LogP contribution in [0.2, 0.25) is 0 Å². The summed E-state index contributed by atoms with van der Waals surface area (Å²) in [5.74, 6) is -5.21. The summed E-state index contributed by atoms with van der Waals surface area (Å²) >= 11 is 0. The Bertz CT molecular complexity index is 1800. The van der Waals surface area contributed by atoms with Crippen molar-refractivity contribution in [3.63, 3.8) is 0 Å². The van der Waals surface area contributed by atoms with E-state index in [1.54, 1.807) is 82.3 Å². The van der Waals surface area contributed by atoms with E-state index in [0.29, 0.717) is 16.8 Å². The van der Waals surface area contributed by atoms with Gasteiger partial charge in [0.15, 0.2) is 18.1 Å². The normalized spacial score (nSPS) is 20.6. The second-order valence-corrected chi connectivity index (χ2v) is 14.9. The number of nitrogens with one attached hydrogen (secondary N) is 6. The van der Waals surface area contributed by atoms with Gasteiger partial charge in [-0.3, -0.25) is 24.0 Å². The van der Waals surface area contributed by atoms with E-state index < -0.39 is 96.0 Å². The average Bonchev–Trinajstić information content (AvgIpc) is 3.68. The number of aliphatic hydroxyl groups excluding tert-OH is 1. The maximum Gasteiger partial charge on any atom is 0.408 e. The molecule has 0 saturated carbocycles. The monoisotopic (exact) mass is 826 g/mol. The number of anilines is 1. The molecule has 2 aliphatic heterocycles. The topological polar surface area (TPSA) is 301 Å². The van der Waals surface area contributed by atoms with Crippen molar-refractivity contribution in [2.75, 3.05) is 11.9 Å². The van der Waals surface area contributed by atoms with Gasteiger partial charge in [0.2, 0.25) is 29.5 Å². The highest BCUT2D eigenvalue weighted by molar-refractivity contribution is 5.99. The molecule has 2 fully saturated rings. The fraction of sp³-hybridized carbons (Fsp3) is 0.513. The Morgan fingerprint density at radius 2 is 1.47 bits per heavy atom. The Kier molecular flexibility index (Phi) is 16.5. The molecule has 20 heteroatoms. The van der Waals surface area contributed by atoms with Crippen LogP contribution in [0.5, 0.6) is 0 Å². The lowest BCUT2D eigenvalue weighted by Gasteiger charge is -2.27. The maximum atomic E-state index is 13.9. The number of fused-ring (bicyclic) bond motifs is 1. The fourth-order valence-electron chi connectivity index (χ4n) is 6.39. The molecule has 59 heavy (non-hydrogen) atoms. The van der Waals surface area contributed by atoms with Crippen LogP contribution in [-0.4, -0.2) is 102 Å². The van der Waals surface area contributed by atoms with Gasteiger partial charge in [-0.15, -0.1) is 0 Å². The Hall–Kier alpha value is -5.83. The number of benzene rings is 2. The lowest BCUT2D eigenvalue weighted by Crippen LogP contribution is -2.58. The molecule has 7 atom stereocenters. The molecule has 20 nitrogen and oxygen atoms in total. The zero-order valence-corrected chi connectivity index (χ0v) is 33.4. The first kappa shape index (κ1) is 45.9. The summed E-state index contributed by atoms with van der Waals surface area (Å²) in [7, 11) is 0. The van der Waals surface area contributed by atoms with Gasteiger partial charge in [-0.25, -0.2) is 9.59 Å². The molecule has 322 valence electrons. The third-order valence-electron chi connectivity index (χ3n) is 9.37. The number of carbonyl (C=O) groups excluding carboxylic acids is 7. The Balaban J connectivity index is 1.46. The van der Waals surface area contributed by atoms with E-state index in [2.05, 4.69) is 31.9 Å². The highest BCUT2D eigenvalue weighted by Crippen LogP contribution is 2.38. The van der Waals surface area contributed by atoms with Crippen LogP contribution in [-0.2, 0) is 56.1 Å². The van der Waals surface area contributed by atoms with E-state index in [4.69, 9.17) is 30.4 Å². The smallest absolute Gasteiger partial charge is 0.408 e. The number of amides is 8. The van der Waals surface area contributed by atoms with Crippen molar-refractivity contribution < 1.29 is 57.6 Å². The SMILES string of the molecule is CC(C)[C@H](NC(=O)[C@H](CCC(=O)NC1O[C@H](C(N)=O)[C@H]2OC(C)(C)O[C@@H]12)NC(=O)OCc1ccccc1)C(=O)N[C@@H](CCCNC(N)=O)C(=O)Nc1ccc(CO)cc1. The largest absolute Gasteiger partial charge is 0.445 e. The van der Waals surface area contributed by atoms with Crippen LogP contribution >= 0.6 is 0 Å². The Labute approximate surface area is 341 Å². The van der Waals surface area contributed by atoms with Gasteiger partial charge in [0, 0.05) is 18.7 Å². The van der Waals surface area contributed by atoms with Gasteiger partial charge in [0.25, 0.3) is 0 Å². The minimum Gasteiger partial charge on any atom is -0.445 e. The van der Waals surface area contributed by atoms with E-state index in [1.807, 2.05) is 0 Å². The van der Waals surface area contributed by atoms with Crippen LogP contribution in [0.15, 0.2) is 54.6 Å². The number of hydrogen-bond acceptors (Lipinski definition) is 12. The predicted molar refractivity (Wildman–Crippen MR) is 209 cm³/mol. The zero-order valence-electron chi connectivity index (χ0n) is 33.4. The summed E-state index contributed by atoms with van der Waals surface area (Å²) < 4.78 is 22.6. The van der Waals surface area contributed by atoms with E-state index in [9.17, 15) is 38.7 Å².